The Morgan fingerprint density at radius 2 is 2.26 bits per heavy atom. The number of nitrogens with zero attached hydrogens (tertiary/aromatic N) is 2. The average molecular weight is 277 g/mol. The summed E-state index contributed by atoms with van der Waals surface area (Å²) in [6, 6.07) is 7.02. The summed E-state index contributed by atoms with van der Waals surface area (Å²) in [5.74, 6) is 0. The molecule has 0 saturated carbocycles. The fourth-order valence-electron chi connectivity index (χ4n) is 1.86. The number of para-hydroxylation sites is 1. The molecule has 6 heteroatoms. The number of nitrogens with one attached hydrogen (secondary N) is 1. The Kier molecular flexibility index (Phi) is 4.59. The van der Waals surface area contributed by atoms with Crippen LogP contribution in [0, 0.1) is 10.1 Å². The van der Waals surface area contributed by atoms with Gasteiger partial charge in [-0.2, -0.15) is 0 Å². The van der Waals surface area contributed by atoms with Crippen molar-refractivity contribution in [1.82, 2.24) is 10.3 Å². The lowest BCUT2D eigenvalue weighted by molar-refractivity contribution is -0.385. The van der Waals surface area contributed by atoms with Crippen molar-refractivity contribution in [1.29, 1.82) is 0 Å². The van der Waals surface area contributed by atoms with E-state index in [1.165, 1.54) is 0 Å². The van der Waals surface area contributed by atoms with E-state index in [0.717, 1.165) is 10.6 Å². The molecule has 100 valence electrons. The van der Waals surface area contributed by atoms with Gasteiger partial charge >= 0.3 is 0 Å². The summed E-state index contributed by atoms with van der Waals surface area (Å²) in [4.78, 5) is 14.8. The van der Waals surface area contributed by atoms with Gasteiger partial charge < -0.3 is 5.32 Å². The minimum absolute atomic E-state index is 0.169. The Bertz CT molecular complexity index is 543. The predicted molar refractivity (Wildman–Crippen MR) is 75.3 cm³/mol. The Morgan fingerprint density at radius 3 is 2.95 bits per heavy atom. The van der Waals surface area contributed by atoms with E-state index in [2.05, 4.69) is 10.3 Å². The fourth-order valence-corrected chi connectivity index (χ4v) is 2.53. The second-order valence-corrected chi connectivity index (χ2v) is 5.11. The van der Waals surface area contributed by atoms with Gasteiger partial charge in [0.2, 0.25) is 0 Å². The van der Waals surface area contributed by atoms with Crippen LogP contribution in [0.3, 0.4) is 0 Å². The number of hydrogen-bond donors (Lipinski definition) is 1. The van der Waals surface area contributed by atoms with E-state index >= 15 is 0 Å². The van der Waals surface area contributed by atoms with Crippen LogP contribution in [0.15, 0.2) is 35.8 Å². The van der Waals surface area contributed by atoms with Crippen LogP contribution in [0.4, 0.5) is 5.69 Å². The number of thiazole rings is 1. The zero-order chi connectivity index (χ0) is 13.7. The molecule has 5 nitrogen and oxygen atoms in total. The predicted octanol–water partition coefficient (Wildman–Crippen LogP) is 2.94. The van der Waals surface area contributed by atoms with E-state index in [1.807, 2.05) is 18.4 Å². The standard InChI is InChI=1S/C13H15N3O2S/c1-10(13-15-8-9-19-13)14-7-6-11-4-2-3-5-12(11)16(17)18/h2-5,8-10,14H,6-7H2,1H3. The average Bonchev–Trinajstić information content (AvgIpc) is 2.93. The van der Waals surface area contributed by atoms with Gasteiger partial charge in [-0.3, -0.25) is 10.1 Å². The molecule has 0 aliphatic heterocycles. The molecule has 0 spiro atoms. The molecule has 19 heavy (non-hydrogen) atoms. The zero-order valence-electron chi connectivity index (χ0n) is 10.6. The van der Waals surface area contributed by atoms with E-state index < -0.39 is 0 Å². The highest BCUT2D eigenvalue weighted by Crippen LogP contribution is 2.19. The molecule has 1 atom stereocenters. The molecule has 1 aromatic heterocycles. The van der Waals surface area contributed by atoms with Gasteiger partial charge in [-0.15, -0.1) is 11.3 Å². The molecular weight excluding hydrogens is 262 g/mol. The molecule has 1 heterocycles. The summed E-state index contributed by atoms with van der Waals surface area (Å²) in [6.45, 7) is 2.73. The second kappa shape index (κ2) is 6.40. The first-order chi connectivity index (χ1) is 9.18. The van der Waals surface area contributed by atoms with Gasteiger partial charge in [0, 0.05) is 29.8 Å². The molecule has 0 radical (unpaired) electrons. The summed E-state index contributed by atoms with van der Waals surface area (Å²) < 4.78 is 0. The van der Waals surface area contributed by atoms with Crippen LogP contribution in [0.2, 0.25) is 0 Å². The molecule has 0 fully saturated rings. The normalized spacial score (nSPS) is 12.3. The molecular formula is C13H15N3O2S. The molecule has 0 aliphatic rings. The lowest BCUT2D eigenvalue weighted by atomic mass is 10.1. The highest BCUT2D eigenvalue weighted by atomic mass is 32.1. The largest absolute Gasteiger partial charge is 0.308 e. The van der Waals surface area contributed by atoms with Crippen molar-refractivity contribution in [3.8, 4) is 0 Å². The highest BCUT2D eigenvalue weighted by Gasteiger charge is 2.12. The van der Waals surface area contributed by atoms with Crippen LogP contribution in [0.5, 0.6) is 0 Å². The lowest BCUT2D eigenvalue weighted by Gasteiger charge is -2.10. The lowest BCUT2D eigenvalue weighted by Crippen LogP contribution is -2.21. The molecule has 0 aliphatic carbocycles. The van der Waals surface area contributed by atoms with Gasteiger partial charge in [0.05, 0.1) is 11.0 Å². The molecule has 2 rings (SSSR count). The van der Waals surface area contributed by atoms with Crippen molar-refractivity contribution in [2.45, 2.75) is 19.4 Å². The fraction of sp³-hybridized carbons (Fsp3) is 0.308. The van der Waals surface area contributed by atoms with Gasteiger partial charge in [0.25, 0.3) is 5.69 Å². The Balaban J connectivity index is 1.91. The van der Waals surface area contributed by atoms with Crippen molar-refractivity contribution in [3.63, 3.8) is 0 Å². The monoisotopic (exact) mass is 277 g/mol. The molecule has 1 unspecified atom stereocenters. The smallest absolute Gasteiger partial charge is 0.272 e. The van der Waals surface area contributed by atoms with Gasteiger partial charge in [-0.05, 0) is 13.3 Å². The SMILES string of the molecule is CC(NCCc1ccccc1[N+](=O)[O-])c1nccs1. The van der Waals surface area contributed by atoms with Crippen molar-refractivity contribution in [2.75, 3.05) is 6.54 Å². The number of rotatable bonds is 6. The van der Waals surface area contributed by atoms with Crippen LogP contribution in [0.25, 0.3) is 0 Å². The topological polar surface area (TPSA) is 68.1 Å². The third-order valence-electron chi connectivity index (χ3n) is 2.86. The molecule has 1 aromatic carbocycles. The van der Waals surface area contributed by atoms with Crippen LogP contribution in [0.1, 0.15) is 23.5 Å². The van der Waals surface area contributed by atoms with Crippen LogP contribution >= 0.6 is 11.3 Å². The van der Waals surface area contributed by atoms with E-state index in [1.54, 1.807) is 35.7 Å². The maximum atomic E-state index is 10.9. The first-order valence-corrected chi connectivity index (χ1v) is 6.91. The molecule has 0 bridgehead atoms. The van der Waals surface area contributed by atoms with E-state index in [4.69, 9.17) is 0 Å². The maximum Gasteiger partial charge on any atom is 0.272 e. The Labute approximate surface area is 115 Å². The summed E-state index contributed by atoms with van der Waals surface area (Å²) in [5, 5.41) is 17.2. The Morgan fingerprint density at radius 1 is 1.47 bits per heavy atom. The minimum Gasteiger partial charge on any atom is -0.308 e. The number of nitro benzene ring substituents is 1. The number of aromatic nitrogens is 1. The van der Waals surface area contributed by atoms with Gasteiger partial charge in [0.1, 0.15) is 5.01 Å². The molecule has 2 aromatic rings. The minimum atomic E-state index is -0.334. The summed E-state index contributed by atoms with van der Waals surface area (Å²) in [7, 11) is 0. The van der Waals surface area contributed by atoms with Crippen LogP contribution < -0.4 is 5.32 Å². The van der Waals surface area contributed by atoms with Gasteiger partial charge in [-0.25, -0.2) is 4.98 Å². The first kappa shape index (κ1) is 13.6. The van der Waals surface area contributed by atoms with Crippen molar-refractivity contribution in [2.24, 2.45) is 0 Å². The third-order valence-corrected chi connectivity index (χ3v) is 3.81. The summed E-state index contributed by atoms with van der Waals surface area (Å²) >= 11 is 1.60. The number of nitro groups is 1. The van der Waals surface area contributed by atoms with E-state index in [-0.39, 0.29) is 16.7 Å². The zero-order valence-corrected chi connectivity index (χ0v) is 11.4. The summed E-state index contributed by atoms with van der Waals surface area (Å²) in [5.41, 5.74) is 0.942. The van der Waals surface area contributed by atoms with Crippen molar-refractivity contribution in [3.05, 3.63) is 56.5 Å². The quantitative estimate of drug-likeness (QED) is 0.651. The number of benzene rings is 1. The molecule has 0 amide bonds. The van der Waals surface area contributed by atoms with Crippen LogP contribution in [-0.2, 0) is 6.42 Å². The Hall–Kier alpha value is -1.79. The number of hydrogen-bond acceptors (Lipinski definition) is 5. The first-order valence-electron chi connectivity index (χ1n) is 6.03. The molecule has 0 saturated heterocycles. The van der Waals surface area contributed by atoms with Gasteiger partial charge in [-0.1, -0.05) is 18.2 Å². The van der Waals surface area contributed by atoms with Crippen molar-refractivity contribution >= 4 is 17.0 Å². The van der Waals surface area contributed by atoms with Crippen LogP contribution in [-0.4, -0.2) is 16.5 Å². The van der Waals surface area contributed by atoms with E-state index in [9.17, 15) is 10.1 Å². The van der Waals surface area contributed by atoms with Crippen molar-refractivity contribution < 1.29 is 4.92 Å². The van der Waals surface area contributed by atoms with Gasteiger partial charge in [0.15, 0.2) is 0 Å². The third kappa shape index (κ3) is 3.59. The van der Waals surface area contributed by atoms with E-state index in [0.29, 0.717) is 13.0 Å². The highest BCUT2D eigenvalue weighted by molar-refractivity contribution is 7.09. The molecule has 1 N–H and O–H groups in total. The maximum absolute atomic E-state index is 10.9. The summed E-state index contributed by atoms with van der Waals surface area (Å²) in [6.07, 6.45) is 2.41. The second-order valence-electron chi connectivity index (χ2n) is 4.18.